The van der Waals surface area contributed by atoms with Gasteiger partial charge in [0, 0.05) is 62.5 Å². The second kappa shape index (κ2) is 9.18. The molecule has 0 bridgehead atoms. The maximum atomic E-state index is 13.2. The molecule has 2 aromatic rings. The van der Waals surface area contributed by atoms with E-state index in [9.17, 15) is 9.59 Å². The monoisotopic (exact) mass is 464 g/mol. The average molecular weight is 465 g/mol. The molecule has 3 heterocycles. The molecule has 6 nitrogen and oxygen atoms in total. The third-order valence-corrected chi connectivity index (χ3v) is 7.66. The summed E-state index contributed by atoms with van der Waals surface area (Å²) in [6.45, 7) is 4.60. The van der Waals surface area contributed by atoms with Crippen LogP contribution in [0.5, 0.6) is 0 Å². The zero-order valence-corrected chi connectivity index (χ0v) is 19.5. The van der Waals surface area contributed by atoms with Crippen molar-refractivity contribution < 1.29 is 9.59 Å². The van der Waals surface area contributed by atoms with Crippen molar-refractivity contribution in [2.75, 3.05) is 44.2 Å². The number of pyridine rings is 1. The Bertz CT molecular complexity index is 1020. The lowest BCUT2D eigenvalue weighted by atomic mass is 9.90. The fourth-order valence-electron chi connectivity index (χ4n) is 5.19. The van der Waals surface area contributed by atoms with Gasteiger partial charge in [-0.05, 0) is 60.6 Å². The summed E-state index contributed by atoms with van der Waals surface area (Å²) in [7, 11) is 0. The number of piperazine rings is 1. The highest BCUT2D eigenvalue weighted by Gasteiger charge is 2.59. The summed E-state index contributed by atoms with van der Waals surface area (Å²) in [5.74, 6) is 1.45. The first-order valence-corrected chi connectivity index (χ1v) is 12.1. The Balaban J connectivity index is 1.09. The van der Waals surface area contributed by atoms with Gasteiger partial charge in [-0.25, -0.2) is 4.98 Å². The van der Waals surface area contributed by atoms with Crippen LogP contribution in [0.3, 0.4) is 0 Å². The van der Waals surface area contributed by atoms with Gasteiger partial charge in [-0.1, -0.05) is 29.8 Å². The summed E-state index contributed by atoms with van der Waals surface area (Å²) < 4.78 is 0. The van der Waals surface area contributed by atoms with E-state index in [1.54, 1.807) is 6.08 Å². The zero-order chi connectivity index (χ0) is 22.8. The lowest BCUT2D eigenvalue weighted by Gasteiger charge is -2.37. The predicted octanol–water partition coefficient (Wildman–Crippen LogP) is 3.73. The second-order valence-corrected chi connectivity index (χ2v) is 9.77. The molecule has 1 spiro atoms. The number of aromatic nitrogens is 1. The number of amides is 2. The number of nitrogens with zero attached hydrogens (tertiary/aromatic N) is 4. The Morgan fingerprint density at radius 3 is 2.33 bits per heavy atom. The predicted molar refractivity (Wildman–Crippen MR) is 130 cm³/mol. The van der Waals surface area contributed by atoms with E-state index in [1.165, 1.54) is 0 Å². The topological polar surface area (TPSA) is 56.8 Å². The SMILES string of the molecule is O=C(/C=C/c1ccc(Cl)cc1)N1CCC2(CC1)CC2C(=O)N1CCN(c2ccccn2)CC1. The van der Waals surface area contributed by atoms with E-state index in [0.717, 1.165) is 69.9 Å². The fourth-order valence-corrected chi connectivity index (χ4v) is 5.31. The van der Waals surface area contributed by atoms with Crippen molar-refractivity contribution in [2.24, 2.45) is 11.3 Å². The molecule has 3 fully saturated rings. The number of benzene rings is 1. The van der Waals surface area contributed by atoms with Gasteiger partial charge in [-0.15, -0.1) is 0 Å². The van der Waals surface area contributed by atoms with Crippen molar-refractivity contribution >= 4 is 35.3 Å². The smallest absolute Gasteiger partial charge is 0.246 e. The number of rotatable bonds is 4. The Hall–Kier alpha value is -2.86. The number of hydrogen-bond acceptors (Lipinski definition) is 4. The van der Waals surface area contributed by atoms with Crippen molar-refractivity contribution in [1.29, 1.82) is 0 Å². The Morgan fingerprint density at radius 2 is 1.67 bits per heavy atom. The Labute approximate surface area is 199 Å². The molecule has 1 atom stereocenters. The fraction of sp³-hybridized carbons (Fsp3) is 0.423. The van der Waals surface area contributed by atoms with Gasteiger partial charge in [0.1, 0.15) is 5.82 Å². The third-order valence-electron chi connectivity index (χ3n) is 7.41. The van der Waals surface area contributed by atoms with Crippen LogP contribution in [0, 0.1) is 11.3 Å². The van der Waals surface area contributed by atoms with Gasteiger partial charge in [0.2, 0.25) is 11.8 Å². The van der Waals surface area contributed by atoms with Crippen LogP contribution in [0.4, 0.5) is 5.82 Å². The molecule has 2 aliphatic heterocycles. The van der Waals surface area contributed by atoms with Crippen LogP contribution in [0.15, 0.2) is 54.7 Å². The molecule has 5 rings (SSSR count). The number of likely N-dealkylation sites (tertiary alicyclic amines) is 1. The van der Waals surface area contributed by atoms with Crippen molar-refractivity contribution in [3.8, 4) is 0 Å². The van der Waals surface area contributed by atoms with Gasteiger partial charge in [-0.3, -0.25) is 9.59 Å². The maximum Gasteiger partial charge on any atom is 0.246 e. The van der Waals surface area contributed by atoms with Crippen LogP contribution in [0.2, 0.25) is 5.02 Å². The molecule has 2 saturated heterocycles. The summed E-state index contributed by atoms with van der Waals surface area (Å²) in [5, 5.41) is 0.684. The molecule has 1 saturated carbocycles. The molecule has 3 aliphatic rings. The standard InChI is InChI=1S/C26H29ClN4O2/c27-21-7-4-20(5-8-21)6-9-24(32)30-13-10-26(11-14-30)19-22(26)25(33)31-17-15-29(16-18-31)23-3-1-2-12-28-23/h1-9,12,22H,10-11,13-19H2/b9-6+. The van der Waals surface area contributed by atoms with Crippen molar-refractivity contribution in [3.63, 3.8) is 0 Å². The van der Waals surface area contributed by atoms with Crippen LogP contribution < -0.4 is 4.90 Å². The lowest BCUT2D eigenvalue weighted by Crippen LogP contribution is -2.50. The normalized spacial score (nSPS) is 22.1. The number of halogens is 1. The largest absolute Gasteiger partial charge is 0.353 e. The van der Waals surface area contributed by atoms with Gasteiger partial charge in [0.05, 0.1) is 0 Å². The molecule has 7 heteroatoms. The summed E-state index contributed by atoms with van der Waals surface area (Å²) in [4.78, 5) is 36.4. The molecule has 1 aromatic heterocycles. The zero-order valence-electron chi connectivity index (χ0n) is 18.7. The van der Waals surface area contributed by atoms with E-state index in [-0.39, 0.29) is 17.2 Å². The van der Waals surface area contributed by atoms with E-state index >= 15 is 0 Å². The maximum absolute atomic E-state index is 13.2. The summed E-state index contributed by atoms with van der Waals surface area (Å²) in [6, 6.07) is 13.4. The third kappa shape index (κ3) is 4.76. The minimum Gasteiger partial charge on any atom is -0.353 e. The first kappa shape index (κ1) is 22.0. The van der Waals surface area contributed by atoms with Crippen LogP contribution in [0.1, 0.15) is 24.8 Å². The first-order valence-electron chi connectivity index (χ1n) is 11.7. The van der Waals surface area contributed by atoms with Gasteiger partial charge in [0.15, 0.2) is 0 Å². The molecular formula is C26H29ClN4O2. The number of piperidine rings is 1. The van der Waals surface area contributed by atoms with Crippen LogP contribution in [-0.4, -0.2) is 65.9 Å². The van der Waals surface area contributed by atoms with Crippen molar-refractivity contribution in [2.45, 2.75) is 19.3 Å². The highest BCUT2D eigenvalue weighted by molar-refractivity contribution is 6.30. The van der Waals surface area contributed by atoms with Crippen molar-refractivity contribution in [1.82, 2.24) is 14.8 Å². The van der Waals surface area contributed by atoms with E-state index in [2.05, 4.69) is 9.88 Å². The molecule has 2 amide bonds. The van der Waals surface area contributed by atoms with Crippen LogP contribution in [-0.2, 0) is 9.59 Å². The second-order valence-electron chi connectivity index (χ2n) is 9.33. The van der Waals surface area contributed by atoms with Gasteiger partial charge in [-0.2, -0.15) is 0 Å². The van der Waals surface area contributed by atoms with Gasteiger partial charge in [0.25, 0.3) is 0 Å². The van der Waals surface area contributed by atoms with Gasteiger partial charge < -0.3 is 14.7 Å². The molecular weight excluding hydrogens is 436 g/mol. The van der Waals surface area contributed by atoms with E-state index in [0.29, 0.717) is 10.9 Å². The molecule has 0 N–H and O–H groups in total. The lowest BCUT2D eigenvalue weighted by molar-refractivity contribution is -0.134. The minimum atomic E-state index is 0.0361. The minimum absolute atomic E-state index is 0.0361. The quantitative estimate of drug-likeness (QED) is 0.647. The molecule has 1 unspecified atom stereocenters. The van der Waals surface area contributed by atoms with E-state index in [4.69, 9.17) is 11.6 Å². The van der Waals surface area contributed by atoms with Crippen molar-refractivity contribution in [3.05, 3.63) is 65.3 Å². The molecule has 1 aromatic carbocycles. The highest BCUT2D eigenvalue weighted by atomic mass is 35.5. The number of anilines is 1. The summed E-state index contributed by atoms with van der Waals surface area (Å²) in [5.41, 5.74) is 1.06. The van der Waals surface area contributed by atoms with E-state index in [1.807, 2.05) is 64.5 Å². The number of carbonyl (C=O) groups is 2. The van der Waals surface area contributed by atoms with Gasteiger partial charge >= 0.3 is 0 Å². The highest BCUT2D eigenvalue weighted by Crippen LogP contribution is 2.60. The van der Waals surface area contributed by atoms with Crippen LogP contribution in [0.25, 0.3) is 6.08 Å². The molecule has 172 valence electrons. The average Bonchev–Trinajstić information content (AvgIpc) is 3.57. The summed E-state index contributed by atoms with van der Waals surface area (Å²) in [6.07, 6.45) is 8.07. The number of hydrogen-bond donors (Lipinski definition) is 0. The van der Waals surface area contributed by atoms with E-state index < -0.39 is 0 Å². The first-order chi connectivity index (χ1) is 16.0. The molecule has 33 heavy (non-hydrogen) atoms. The Morgan fingerprint density at radius 1 is 0.939 bits per heavy atom. The van der Waals surface area contributed by atoms with Crippen LogP contribution >= 0.6 is 11.6 Å². The Kier molecular flexibility index (Phi) is 6.11. The number of carbonyl (C=O) groups excluding carboxylic acids is 2. The molecule has 0 radical (unpaired) electrons. The summed E-state index contributed by atoms with van der Waals surface area (Å²) >= 11 is 5.91. The molecule has 1 aliphatic carbocycles.